The van der Waals surface area contributed by atoms with Crippen LogP contribution in [0.15, 0.2) is 42.2 Å². The van der Waals surface area contributed by atoms with Gasteiger partial charge in [0.05, 0.1) is 16.7 Å². The number of carbonyl (C=O) groups excluding carboxylic acids is 1. The summed E-state index contributed by atoms with van der Waals surface area (Å²) in [4.78, 5) is 13.1. The maximum absolute atomic E-state index is 13.3. The van der Waals surface area contributed by atoms with Gasteiger partial charge in [-0.05, 0) is 81.1 Å². The van der Waals surface area contributed by atoms with Crippen LogP contribution in [0.5, 0.6) is 0 Å². The second-order valence-electron chi connectivity index (χ2n) is 9.00. The Morgan fingerprint density at radius 1 is 0.788 bits per heavy atom. The number of ketones is 1. The van der Waals surface area contributed by atoms with Gasteiger partial charge in [-0.25, -0.2) is 0 Å². The van der Waals surface area contributed by atoms with Gasteiger partial charge < -0.3 is 9.84 Å². The number of Topliss-reactive ketones (excluding diaryl/α,β-unsaturated/α-hetero) is 1. The van der Waals surface area contributed by atoms with Gasteiger partial charge in [-0.3, -0.25) is 4.79 Å². The maximum Gasteiger partial charge on any atom is 0.416 e. The van der Waals surface area contributed by atoms with Crippen LogP contribution in [0.25, 0.3) is 16.7 Å². The molecule has 0 spiro atoms. The summed E-state index contributed by atoms with van der Waals surface area (Å²) in [6.07, 6.45) is -9.98. The number of halogens is 6. The van der Waals surface area contributed by atoms with Crippen molar-refractivity contribution in [3.05, 3.63) is 64.4 Å². The van der Waals surface area contributed by atoms with Crippen LogP contribution in [0.1, 0.15) is 49.9 Å². The molecule has 1 N–H and O–H groups in total. The number of hydrogen-bond acceptors (Lipinski definition) is 3. The molecule has 33 heavy (non-hydrogen) atoms. The summed E-state index contributed by atoms with van der Waals surface area (Å²) in [7, 11) is 0. The van der Waals surface area contributed by atoms with Gasteiger partial charge in [-0.2, -0.15) is 26.3 Å². The van der Waals surface area contributed by atoms with Crippen molar-refractivity contribution in [3.8, 4) is 11.1 Å². The summed E-state index contributed by atoms with van der Waals surface area (Å²) in [5, 5.41) is 10.8. The maximum atomic E-state index is 13.3. The van der Waals surface area contributed by atoms with E-state index in [1.165, 1.54) is 32.0 Å². The Morgan fingerprint density at radius 3 is 1.79 bits per heavy atom. The number of ether oxygens (including phenoxy) is 1. The standard InChI is InChI=1S/C24H22F6O3/c1-12-6-7-13(14-8-15(23(25,26)27)11-16(9-14)24(28,29)30)10-17(12)18-19(31)21(2,3)33-22(4,5)20(18)32/h6-11,31H,1-5H3. The predicted octanol–water partition coefficient (Wildman–Crippen LogP) is 7.13. The van der Waals surface area contributed by atoms with Crippen molar-refractivity contribution >= 4 is 11.4 Å². The van der Waals surface area contributed by atoms with Crippen LogP contribution in [0.4, 0.5) is 26.3 Å². The van der Waals surface area contributed by atoms with Gasteiger partial charge in [0.1, 0.15) is 17.0 Å². The number of rotatable bonds is 2. The summed E-state index contributed by atoms with van der Waals surface area (Å²) in [6.45, 7) is 7.77. The van der Waals surface area contributed by atoms with Crippen molar-refractivity contribution in [1.82, 2.24) is 0 Å². The van der Waals surface area contributed by atoms with Crippen LogP contribution in [-0.2, 0) is 21.9 Å². The lowest BCUT2D eigenvalue weighted by Gasteiger charge is -2.40. The van der Waals surface area contributed by atoms with Crippen LogP contribution >= 0.6 is 0 Å². The zero-order chi connectivity index (χ0) is 25.1. The summed E-state index contributed by atoms with van der Waals surface area (Å²) < 4.78 is 85.4. The SMILES string of the molecule is Cc1ccc(-c2cc(C(F)(F)F)cc(C(F)(F)F)c2)cc1C1=C(O)C(C)(C)OC(C)(C)C1=O. The minimum absolute atomic E-state index is 0.0300. The van der Waals surface area contributed by atoms with E-state index in [1.54, 1.807) is 20.8 Å². The molecule has 0 aliphatic carbocycles. The molecule has 0 unspecified atom stereocenters. The third-order valence-corrected chi connectivity index (χ3v) is 5.52. The number of aliphatic hydroxyl groups excluding tert-OH is 1. The van der Waals surface area contributed by atoms with E-state index in [0.29, 0.717) is 17.7 Å². The van der Waals surface area contributed by atoms with E-state index in [1.807, 2.05) is 0 Å². The molecule has 0 amide bonds. The van der Waals surface area contributed by atoms with Crippen LogP contribution in [0, 0.1) is 6.92 Å². The Kier molecular flexibility index (Phi) is 5.73. The summed E-state index contributed by atoms with van der Waals surface area (Å²) in [5.74, 6) is -0.924. The summed E-state index contributed by atoms with van der Waals surface area (Å²) in [5.41, 5.74) is -5.11. The molecule has 1 aliphatic rings. The van der Waals surface area contributed by atoms with E-state index in [9.17, 15) is 36.2 Å². The number of hydrogen-bond donors (Lipinski definition) is 1. The topological polar surface area (TPSA) is 46.5 Å². The van der Waals surface area contributed by atoms with E-state index < -0.39 is 40.5 Å². The first-order valence-corrected chi connectivity index (χ1v) is 9.94. The van der Waals surface area contributed by atoms with Gasteiger partial charge in [0.25, 0.3) is 0 Å². The highest BCUT2D eigenvalue weighted by Crippen LogP contribution is 2.43. The first-order valence-electron chi connectivity index (χ1n) is 9.94. The van der Waals surface area contributed by atoms with Crippen LogP contribution in [0.3, 0.4) is 0 Å². The fraction of sp³-hybridized carbons (Fsp3) is 0.375. The van der Waals surface area contributed by atoms with Gasteiger partial charge in [-0.1, -0.05) is 12.1 Å². The first-order chi connectivity index (χ1) is 14.8. The van der Waals surface area contributed by atoms with E-state index in [4.69, 9.17) is 4.74 Å². The largest absolute Gasteiger partial charge is 0.508 e. The Labute approximate surface area is 186 Å². The Balaban J connectivity index is 2.28. The normalized spacial score (nSPS) is 18.6. The number of aliphatic hydroxyl groups is 1. The van der Waals surface area contributed by atoms with E-state index >= 15 is 0 Å². The van der Waals surface area contributed by atoms with Crippen molar-refractivity contribution in [2.75, 3.05) is 0 Å². The molecule has 0 bridgehead atoms. The van der Waals surface area contributed by atoms with Crippen LogP contribution < -0.4 is 0 Å². The predicted molar refractivity (Wildman–Crippen MR) is 110 cm³/mol. The molecule has 1 heterocycles. The molecule has 0 saturated heterocycles. The Bertz CT molecular complexity index is 1120. The molecule has 2 aromatic carbocycles. The third kappa shape index (κ3) is 4.64. The molecule has 3 nitrogen and oxygen atoms in total. The Morgan fingerprint density at radius 2 is 1.30 bits per heavy atom. The monoisotopic (exact) mass is 472 g/mol. The van der Waals surface area contributed by atoms with Crippen LogP contribution in [-0.4, -0.2) is 22.1 Å². The molecule has 178 valence electrons. The van der Waals surface area contributed by atoms with Crippen molar-refractivity contribution < 1.29 is 41.0 Å². The van der Waals surface area contributed by atoms with Crippen LogP contribution in [0.2, 0.25) is 0 Å². The lowest BCUT2D eigenvalue weighted by molar-refractivity contribution is -0.158. The van der Waals surface area contributed by atoms with Crippen molar-refractivity contribution in [2.45, 2.75) is 58.2 Å². The van der Waals surface area contributed by atoms with Gasteiger partial charge >= 0.3 is 12.4 Å². The lowest BCUT2D eigenvalue weighted by Crippen LogP contribution is -2.49. The lowest BCUT2D eigenvalue weighted by atomic mass is 9.81. The average Bonchev–Trinajstić information content (AvgIpc) is 2.66. The molecule has 0 atom stereocenters. The minimum atomic E-state index is -4.99. The number of alkyl halides is 6. The molecule has 9 heteroatoms. The Hall–Kier alpha value is -2.81. The average molecular weight is 472 g/mol. The molecule has 0 aromatic heterocycles. The van der Waals surface area contributed by atoms with Crippen molar-refractivity contribution in [3.63, 3.8) is 0 Å². The quantitative estimate of drug-likeness (QED) is 0.473. The molecule has 0 fully saturated rings. The third-order valence-electron chi connectivity index (χ3n) is 5.52. The fourth-order valence-electron chi connectivity index (χ4n) is 3.88. The highest BCUT2D eigenvalue weighted by molar-refractivity contribution is 6.26. The fourth-order valence-corrected chi connectivity index (χ4v) is 3.88. The van der Waals surface area contributed by atoms with E-state index in [0.717, 1.165) is 0 Å². The minimum Gasteiger partial charge on any atom is -0.508 e. The van der Waals surface area contributed by atoms with Gasteiger partial charge in [0.2, 0.25) is 0 Å². The van der Waals surface area contributed by atoms with Crippen molar-refractivity contribution in [1.29, 1.82) is 0 Å². The second-order valence-corrected chi connectivity index (χ2v) is 9.00. The molecule has 2 aromatic rings. The molecule has 3 rings (SSSR count). The first kappa shape index (κ1) is 24.8. The smallest absolute Gasteiger partial charge is 0.416 e. The van der Waals surface area contributed by atoms with E-state index in [2.05, 4.69) is 0 Å². The second kappa shape index (κ2) is 7.62. The molecule has 0 saturated carbocycles. The number of carbonyl (C=O) groups is 1. The summed E-state index contributed by atoms with van der Waals surface area (Å²) >= 11 is 0. The van der Waals surface area contributed by atoms with E-state index in [-0.39, 0.29) is 34.1 Å². The molecule has 1 aliphatic heterocycles. The van der Waals surface area contributed by atoms with Gasteiger partial charge in [-0.15, -0.1) is 0 Å². The van der Waals surface area contributed by atoms with Crippen molar-refractivity contribution in [2.24, 2.45) is 0 Å². The van der Waals surface area contributed by atoms with Gasteiger partial charge in [0.15, 0.2) is 5.78 Å². The number of benzene rings is 2. The highest BCUT2D eigenvalue weighted by Gasteiger charge is 2.47. The highest BCUT2D eigenvalue weighted by atomic mass is 19.4. The van der Waals surface area contributed by atoms with Gasteiger partial charge in [0, 0.05) is 0 Å². The zero-order valence-corrected chi connectivity index (χ0v) is 18.5. The zero-order valence-electron chi connectivity index (χ0n) is 18.5. The molecular formula is C24H22F6O3. The molecular weight excluding hydrogens is 450 g/mol. The molecule has 0 radical (unpaired) electrons. The summed E-state index contributed by atoms with van der Waals surface area (Å²) in [6, 6.07) is 5.45. The number of aryl methyl sites for hydroxylation is 1.